The van der Waals surface area contributed by atoms with E-state index in [-0.39, 0.29) is 17.5 Å². The first kappa shape index (κ1) is 14.2. The number of hydrogen-bond donors (Lipinski definition) is 1. The molecule has 0 spiro atoms. The van der Waals surface area contributed by atoms with Gasteiger partial charge in [-0.3, -0.25) is 0 Å². The summed E-state index contributed by atoms with van der Waals surface area (Å²) in [5, 5.41) is 3.10. The predicted molar refractivity (Wildman–Crippen MR) is 62.5 cm³/mol. The third-order valence-electron chi connectivity index (χ3n) is 3.29. The van der Waals surface area contributed by atoms with Crippen LogP contribution in [-0.4, -0.2) is 24.9 Å². The second-order valence-corrected chi connectivity index (χ2v) is 5.61. The molecule has 1 atom stereocenters. The Bertz CT molecular complexity index is 190. The topological polar surface area (TPSA) is 12.0 Å². The van der Waals surface area contributed by atoms with Gasteiger partial charge < -0.3 is 5.32 Å². The van der Waals surface area contributed by atoms with Gasteiger partial charge in [-0.1, -0.05) is 37.4 Å². The summed E-state index contributed by atoms with van der Waals surface area (Å²) in [7, 11) is 1.87. The lowest BCUT2D eigenvalue weighted by atomic mass is 9.89. The molecule has 0 saturated heterocycles. The lowest BCUT2D eigenvalue weighted by molar-refractivity contribution is -0.0328. The van der Waals surface area contributed by atoms with Crippen LogP contribution in [0, 0.1) is 11.8 Å². The second-order valence-electron chi connectivity index (χ2n) is 4.45. The molecule has 0 aromatic rings. The van der Waals surface area contributed by atoms with E-state index in [4.69, 9.17) is 0 Å². The normalized spacial score (nSPS) is 20.2. The van der Waals surface area contributed by atoms with Crippen molar-refractivity contribution in [2.75, 3.05) is 19.3 Å². The molecular weight excluding hydrogens is 235 g/mol. The van der Waals surface area contributed by atoms with E-state index in [1.807, 2.05) is 7.05 Å². The van der Waals surface area contributed by atoms with Crippen molar-refractivity contribution < 1.29 is 13.2 Å². The first-order chi connectivity index (χ1) is 7.53. The van der Waals surface area contributed by atoms with Gasteiger partial charge in [-0.05, 0) is 31.8 Å². The van der Waals surface area contributed by atoms with Crippen LogP contribution < -0.4 is 5.32 Å². The molecule has 0 radical (unpaired) electrons. The summed E-state index contributed by atoms with van der Waals surface area (Å²) in [4.78, 5) is 0. The molecule has 1 aliphatic carbocycles. The fourth-order valence-corrected chi connectivity index (χ4v) is 3.17. The minimum atomic E-state index is -4.07. The van der Waals surface area contributed by atoms with Crippen LogP contribution in [-0.2, 0) is 0 Å². The fourth-order valence-electron chi connectivity index (χ4n) is 2.52. The van der Waals surface area contributed by atoms with Gasteiger partial charge >= 0.3 is 5.51 Å². The van der Waals surface area contributed by atoms with Crippen LogP contribution in [0.25, 0.3) is 0 Å². The molecule has 0 aromatic heterocycles. The Morgan fingerprint density at radius 1 is 1.31 bits per heavy atom. The molecule has 0 aromatic carbocycles. The van der Waals surface area contributed by atoms with Crippen molar-refractivity contribution in [2.24, 2.45) is 11.8 Å². The molecule has 1 saturated carbocycles. The van der Waals surface area contributed by atoms with Crippen molar-refractivity contribution in [3.05, 3.63) is 0 Å². The Morgan fingerprint density at radius 2 is 1.94 bits per heavy atom. The lowest BCUT2D eigenvalue weighted by Crippen LogP contribution is -2.25. The molecule has 1 rings (SSSR count). The minimum absolute atomic E-state index is 0.119. The Balaban J connectivity index is 2.27. The quantitative estimate of drug-likeness (QED) is 0.777. The number of thioether (sulfide) groups is 1. The van der Waals surface area contributed by atoms with Gasteiger partial charge in [0.1, 0.15) is 0 Å². The minimum Gasteiger partial charge on any atom is -0.319 e. The van der Waals surface area contributed by atoms with Crippen molar-refractivity contribution in [1.29, 1.82) is 0 Å². The first-order valence-corrected chi connectivity index (χ1v) is 6.87. The highest BCUT2D eigenvalue weighted by Crippen LogP contribution is 2.36. The van der Waals surface area contributed by atoms with Gasteiger partial charge in [0.2, 0.25) is 0 Å². The maximum atomic E-state index is 12.0. The molecule has 16 heavy (non-hydrogen) atoms. The lowest BCUT2D eigenvalue weighted by Gasteiger charge is -2.23. The highest BCUT2D eigenvalue weighted by Gasteiger charge is 2.30. The van der Waals surface area contributed by atoms with Crippen LogP contribution in [0.5, 0.6) is 0 Å². The summed E-state index contributed by atoms with van der Waals surface area (Å²) in [6.45, 7) is 0.850. The number of alkyl halides is 3. The molecule has 0 heterocycles. The van der Waals surface area contributed by atoms with Gasteiger partial charge in [-0.15, -0.1) is 0 Å². The summed E-state index contributed by atoms with van der Waals surface area (Å²) in [6, 6.07) is 0. The standard InChI is InChI=1S/C11H20F3NS/c1-15-8-10(9-4-2-3-5-9)6-7-16-11(12,13)14/h9-10,15H,2-8H2,1H3. The monoisotopic (exact) mass is 255 g/mol. The van der Waals surface area contributed by atoms with Crippen LogP contribution in [0.15, 0.2) is 0 Å². The van der Waals surface area contributed by atoms with E-state index in [0.717, 1.165) is 6.54 Å². The summed E-state index contributed by atoms with van der Waals surface area (Å²) < 4.78 is 36.0. The van der Waals surface area contributed by atoms with Crippen LogP contribution >= 0.6 is 11.8 Å². The molecule has 1 N–H and O–H groups in total. The Kier molecular flexibility index (Phi) is 5.97. The maximum absolute atomic E-state index is 12.0. The molecule has 1 nitrogen and oxygen atoms in total. The van der Waals surface area contributed by atoms with Gasteiger partial charge in [0, 0.05) is 5.75 Å². The van der Waals surface area contributed by atoms with E-state index in [2.05, 4.69) is 5.32 Å². The van der Waals surface area contributed by atoms with Crippen LogP contribution in [0.3, 0.4) is 0 Å². The molecule has 5 heteroatoms. The second kappa shape index (κ2) is 6.74. The van der Waals surface area contributed by atoms with Gasteiger partial charge in [-0.2, -0.15) is 13.2 Å². The van der Waals surface area contributed by atoms with E-state index < -0.39 is 5.51 Å². The molecule has 0 aliphatic heterocycles. The Labute approximate surface area is 99.6 Å². The van der Waals surface area contributed by atoms with Crippen LogP contribution in [0.2, 0.25) is 0 Å². The van der Waals surface area contributed by atoms with E-state index in [1.165, 1.54) is 25.7 Å². The van der Waals surface area contributed by atoms with Crippen molar-refractivity contribution in [1.82, 2.24) is 5.32 Å². The third kappa shape index (κ3) is 5.43. The average Bonchev–Trinajstić information content (AvgIpc) is 2.67. The first-order valence-electron chi connectivity index (χ1n) is 5.88. The smallest absolute Gasteiger partial charge is 0.319 e. The van der Waals surface area contributed by atoms with Crippen LogP contribution in [0.1, 0.15) is 32.1 Å². The van der Waals surface area contributed by atoms with E-state index >= 15 is 0 Å². The number of hydrogen-bond acceptors (Lipinski definition) is 2. The largest absolute Gasteiger partial charge is 0.441 e. The zero-order valence-electron chi connectivity index (χ0n) is 9.65. The number of nitrogens with one attached hydrogen (secondary N) is 1. The van der Waals surface area contributed by atoms with Crippen LogP contribution in [0.4, 0.5) is 13.2 Å². The molecule has 0 amide bonds. The van der Waals surface area contributed by atoms with E-state index in [1.54, 1.807) is 0 Å². The molecule has 1 unspecified atom stereocenters. The molecule has 96 valence electrons. The summed E-state index contributed by atoms with van der Waals surface area (Å²) >= 11 is 0.119. The number of halogens is 3. The summed E-state index contributed by atoms with van der Waals surface area (Å²) in [6.07, 6.45) is 5.57. The maximum Gasteiger partial charge on any atom is 0.441 e. The third-order valence-corrected chi connectivity index (χ3v) is 4.05. The van der Waals surface area contributed by atoms with Gasteiger partial charge in [0.15, 0.2) is 0 Å². The van der Waals surface area contributed by atoms with Crippen molar-refractivity contribution in [2.45, 2.75) is 37.6 Å². The van der Waals surface area contributed by atoms with Crippen molar-refractivity contribution in [3.63, 3.8) is 0 Å². The zero-order valence-corrected chi connectivity index (χ0v) is 10.5. The summed E-state index contributed by atoms with van der Waals surface area (Å²) in [5.74, 6) is 1.26. The Morgan fingerprint density at radius 3 is 2.44 bits per heavy atom. The van der Waals surface area contributed by atoms with Crippen molar-refractivity contribution >= 4 is 11.8 Å². The molecule has 1 fully saturated rings. The molecule has 0 bridgehead atoms. The summed E-state index contributed by atoms with van der Waals surface area (Å²) in [5.41, 5.74) is -4.07. The van der Waals surface area contributed by atoms with E-state index in [0.29, 0.717) is 18.3 Å². The SMILES string of the molecule is CNCC(CCSC(F)(F)F)C1CCCC1. The molecule has 1 aliphatic rings. The van der Waals surface area contributed by atoms with Gasteiger partial charge in [0.05, 0.1) is 0 Å². The fraction of sp³-hybridized carbons (Fsp3) is 1.00. The highest BCUT2D eigenvalue weighted by atomic mass is 32.2. The van der Waals surface area contributed by atoms with Gasteiger partial charge in [0.25, 0.3) is 0 Å². The Hall–Kier alpha value is 0.100. The number of rotatable bonds is 6. The molecular formula is C11H20F3NS. The van der Waals surface area contributed by atoms with Crippen molar-refractivity contribution in [3.8, 4) is 0 Å². The average molecular weight is 255 g/mol. The zero-order chi connectivity index (χ0) is 12.0. The highest BCUT2D eigenvalue weighted by molar-refractivity contribution is 8.00. The van der Waals surface area contributed by atoms with Gasteiger partial charge in [-0.25, -0.2) is 0 Å². The van der Waals surface area contributed by atoms with E-state index in [9.17, 15) is 13.2 Å². The predicted octanol–water partition coefficient (Wildman–Crippen LogP) is 3.66.